The highest BCUT2D eigenvalue weighted by Gasteiger charge is 2.04. The third-order valence-electron chi connectivity index (χ3n) is 2.27. The summed E-state index contributed by atoms with van der Waals surface area (Å²) in [6.45, 7) is 3.80. The Morgan fingerprint density at radius 3 is 2.82 bits per heavy atom. The Balaban J connectivity index is 2.55. The first-order valence-corrected chi connectivity index (χ1v) is 5.66. The van der Waals surface area contributed by atoms with Gasteiger partial charge in [0.2, 0.25) is 0 Å². The molecule has 5 heteroatoms. The van der Waals surface area contributed by atoms with Crippen LogP contribution < -0.4 is 5.56 Å². The molecular weight excluding hydrogens is 222 g/mol. The molecule has 0 atom stereocenters. The largest absolute Gasteiger partial charge is 0.478 e. The van der Waals surface area contributed by atoms with Gasteiger partial charge in [0.1, 0.15) is 0 Å². The van der Waals surface area contributed by atoms with Crippen molar-refractivity contribution >= 4 is 5.97 Å². The van der Waals surface area contributed by atoms with E-state index in [1.54, 1.807) is 0 Å². The van der Waals surface area contributed by atoms with Crippen LogP contribution in [0.2, 0.25) is 0 Å². The Labute approximate surface area is 99.6 Å². The van der Waals surface area contributed by atoms with Crippen LogP contribution in [0.15, 0.2) is 23.1 Å². The topological polar surface area (TPSA) is 68.5 Å². The first-order valence-electron chi connectivity index (χ1n) is 5.66. The number of ether oxygens (including phenoxy) is 1. The average molecular weight is 239 g/mol. The lowest BCUT2D eigenvalue weighted by atomic mass is 10.3. The van der Waals surface area contributed by atoms with E-state index < -0.39 is 5.97 Å². The van der Waals surface area contributed by atoms with Gasteiger partial charge in [-0.1, -0.05) is 6.92 Å². The Hall–Kier alpha value is -1.62. The summed E-state index contributed by atoms with van der Waals surface area (Å²) in [5, 5.41) is 8.80. The van der Waals surface area contributed by atoms with Gasteiger partial charge in [0.25, 0.3) is 5.56 Å². The summed E-state index contributed by atoms with van der Waals surface area (Å²) in [4.78, 5) is 22.2. The number of aromatic carboxylic acids is 1. The molecule has 5 nitrogen and oxygen atoms in total. The summed E-state index contributed by atoms with van der Waals surface area (Å²) in [6.07, 6.45) is 3.03. The second-order valence-electron chi connectivity index (χ2n) is 3.72. The van der Waals surface area contributed by atoms with Crippen molar-refractivity contribution in [3.63, 3.8) is 0 Å². The minimum Gasteiger partial charge on any atom is -0.478 e. The maximum atomic E-state index is 11.4. The van der Waals surface area contributed by atoms with Gasteiger partial charge in [-0.15, -0.1) is 0 Å². The lowest BCUT2D eigenvalue weighted by molar-refractivity contribution is 0.0695. The molecule has 0 unspecified atom stereocenters. The molecule has 0 aromatic carbocycles. The molecule has 0 aliphatic rings. The van der Waals surface area contributed by atoms with Crippen molar-refractivity contribution in [2.75, 3.05) is 13.2 Å². The Morgan fingerprint density at radius 1 is 1.41 bits per heavy atom. The third kappa shape index (κ3) is 4.40. The molecule has 0 aliphatic carbocycles. The van der Waals surface area contributed by atoms with Crippen molar-refractivity contribution in [3.8, 4) is 0 Å². The molecule has 17 heavy (non-hydrogen) atoms. The Morgan fingerprint density at radius 2 is 2.18 bits per heavy atom. The maximum Gasteiger partial charge on any atom is 0.337 e. The van der Waals surface area contributed by atoms with Gasteiger partial charge >= 0.3 is 5.97 Å². The molecule has 0 saturated heterocycles. The molecule has 0 saturated carbocycles. The minimum atomic E-state index is -1.03. The molecular formula is C12H17NO4. The van der Waals surface area contributed by atoms with Gasteiger partial charge in [0, 0.05) is 32.0 Å². The van der Waals surface area contributed by atoms with Crippen molar-refractivity contribution in [3.05, 3.63) is 34.2 Å². The number of aryl methyl sites for hydroxylation is 1. The smallest absolute Gasteiger partial charge is 0.337 e. The number of nitrogens with zero attached hydrogens (tertiary/aromatic N) is 1. The summed E-state index contributed by atoms with van der Waals surface area (Å²) >= 11 is 0. The number of pyridine rings is 1. The quantitative estimate of drug-likeness (QED) is 0.729. The predicted molar refractivity (Wildman–Crippen MR) is 63.4 cm³/mol. The summed E-state index contributed by atoms with van der Waals surface area (Å²) in [5.74, 6) is -1.03. The molecule has 94 valence electrons. The van der Waals surface area contributed by atoms with Crippen LogP contribution in [0.1, 0.15) is 30.1 Å². The second-order valence-corrected chi connectivity index (χ2v) is 3.72. The lowest BCUT2D eigenvalue weighted by Crippen LogP contribution is -2.21. The average Bonchev–Trinajstić information content (AvgIpc) is 2.30. The van der Waals surface area contributed by atoms with Gasteiger partial charge in [0.05, 0.1) is 5.56 Å². The molecule has 0 radical (unpaired) electrons. The van der Waals surface area contributed by atoms with Crippen LogP contribution in [-0.2, 0) is 11.3 Å². The minimum absolute atomic E-state index is 0.124. The van der Waals surface area contributed by atoms with Crippen molar-refractivity contribution in [2.45, 2.75) is 26.3 Å². The SMILES string of the molecule is CCCOCCCn1cc(C(=O)O)ccc1=O. The van der Waals surface area contributed by atoms with Gasteiger partial charge in [-0.05, 0) is 18.9 Å². The first-order chi connectivity index (χ1) is 8.15. The number of hydrogen-bond donors (Lipinski definition) is 1. The van der Waals surface area contributed by atoms with Gasteiger partial charge in [0.15, 0.2) is 0 Å². The zero-order valence-corrected chi connectivity index (χ0v) is 9.89. The van der Waals surface area contributed by atoms with Crippen LogP contribution in [0.4, 0.5) is 0 Å². The highest BCUT2D eigenvalue weighted by molar-refractivity contribution is 5.87. The fourth-order valence-corrected chi connectivity index (χ4v) is 1.42. The van der Waals surface area contributed by atoms with Crippen molar-refractivity contribution in [2.24, 2.45) is 0 Å². The predicted octanol–water partition coefficient (Wildman–Crippen LogP) is 1.36. The maximum absolute atomic E-state index is 11.4. The zero-order chi connectivity index (χ0) is 12.7. The van der Waals surface area contributed by atoms with E-state index in [0.29, 0.717) is 26.2 Å². The van der Waals surface area contributed by atoms with Crippen molar-refractivity contribution in [1.29, 1.82) is 0 Å². The van der Waals surface area contributed by atoms with E-state index in [1.165, 1.54) is 22.9 Å². The van der Waals surface area contributed by atoms with E-state index in [-0.39, 0.29) is 11.1 Å². The van der Waals surface area contributed by atoms with Crippen molar-refractivity contribution in [1.82, 2.24) is 4.57 Å². The summed E-state index contributed by atoms with van der Waals surface area (Å²) in [6, 6.07) is 2.59. The van der Waals surface area contributed by atoms with E-state index in [9.17, 15) is 9.59 Å². The van der Waals surface area contributed by atoms with Crippen LogP contribution >= 0.6 is 0 Å². The number of carbonyl (C=O) groups is 1. The molecule has 1 heterocycles. The highest BCUT2D eigenvalue weighted by Crippen LogP contribution is 1.97. The molecule has 1 aromatic rings. The first kappa shape index (κ1) is 13.4. The molecule has 1 aromatic heterocycles. The molecule has 0 fully saturated rings. The molecule has 0 amide bonds. The van der Waals surface area contributed by atoms with E-state index in [1.807, 2.05) is 6.92 Å². The molecule has 1 rings (SSSR count). The normalized spacial score (nSPS) is 10.4. The van der Waals surface area contributed by atoms with E-state index in [4.69, 9.17) is 9.84 Å². The number of carboxylic acids is 1. The molecule has 0 bridgehead atoms. The van der Waals surface area contributed by atoms with Crippen LogP contribution in [0.25, 0.3) is 0 Å². The van der Waals surface area contributed by atoms with Gasteiger partial charge in [-0.2, -0.15) is 0 Å². The monoisotopic (exact) mass is 239 g/mol. The lowest BCUT2D eigenvalue weighted by Gasteiger charge is -2.06. The summed E-state index contributed by atoms with van der Waals surface area (Å²) in [7, 11) is 0. The third-order valence-corrected chi connectivity index (χ3v) is 2.27. The molecule has 1 N–H and O–H groups in total. The van der Waals surface area contributed by atoms with Crippen LogP contribution in [0.5, 0.6) is 0 Å². The number of aromatic nitrogens is 1. The molecule has 0 aliphatic heterocycles. The number of carboxylic acid groups (broad SMARTS) is 1. The van der Waals surface area contributed by atoms with Gasteiger partial charge in [-0.3, -0.25) is 4.79 Å². The Bertz CT molecular complexity index is 425. The van der Waals surface area contributed by atoms with Gasteiger partial charge in [-0.25, -0.2) is 4.79 Å². The van der Waals surface area contributed by atoms with Crippen LogP contribution in [0, 0.1) is 0 Å². The fraction of sp³-hybridized carbons (Fsp3) is 0.500. The van der Waals surface area contributed by atoms with E-state index in [2.05, 4.69) is 0 Å². The second kappa shape index (κ2) is 6.85. The van der Waals surface area contributed by atoms with E-state index in [0.717, 1.165) is 6.42 Å². The van der Waals surface area contributed by atoms with Crippen molar-refractivity contribution < 1.29 is 14.6 Å². The van der Waals surface area contributed by atoms with Crippen LogP contribution in [0.3, 0.4) is 0 Å². The van der Waals surface area contributed by atoms with Gasteiger partial charge < -0.3 is 14.4 Å². The number of hydrogen-bond acceptors (Lipinski definition) is 3. The van der Waals surface area contributed by atoms with Crippen LogP contribution in [-0.4, -0.2) is 28.9 Å². The van der Waals surface area contributed by atoms with E-state index >= 15 is 0 Å². The standard InChI is InChI=1S/C12H17NO4/c1-2-7-17-8-3-6-13-9-10(12(15)16)4-5-11(13)14/h4-5,9H,2-3,6-8H2,1H3,(H,15,16). The fourth-order valence-electron chi connectivity index (χ4n) is 1.42. The summed E-state index contributed by atoms with van der Waals surface area (Å²) in [5.41, 5.74) is -0.0652. The zero-order valence-electron chi connectivity index (χ0n) is 9.89. The highest BCUT2D eigenvalue weighted by atomic mass is 16.5. The summed E-state index contributed by atoms with van der Waals surface area (Å²) < 4.78 is 6.69. The Kier molecular flexibility index (Phi) is 5.42. The number of rotatable bonds is 7. The molecule has 0 spiro atoms.